The Morgan fingerprint density at radius 1 is 1.05 bits per heavy atom. The minimum Gasteiger partial charge on any atom is -0.327 e. The first kappa shape index (κ1) is 14.0. The highest BCUT2D eigenvalue weighted by Crippen LogP contribution is 2.17. The second-order valence-electron chi connectivity index (χ2n) is 5.56. The molecule has 0 radical (unpaired) electrons. The topological polar surface area (TPSA) is 24.3 Å². The summed E-state index contributed by atoms with van der Waals surface area (Å²) in [6.07, 6.45) is 1.15. The third kappa shape index (κ3) is 3.55. The van der Waals surface area contributed by atoms with E-state index in [9.17, 15) is 0 Å². The second-order valence-corrected chi connectivity index (χ2v) is 5.56. The molecule has 0 N–H and O–H groups in total. The Bertz CT molecular complexity index is 528. The maximum atomic E-state index is 4.76. The van der Waals surface area contributed by atoms with E-state index in [1.165, 1.54) is 5.52 Å². The van der Waals surface area contributed by atoms with Gasteiger partial charge in [-0.2, -0.15) is 0 Å². The Balaban J connectivity index is 2.26. The SMILES string of the molecule is CN(C)CCCn1c(CN(C)C)nc2ccccc21. The van der Waals surface area contributed by atoms with Crippen molar-refractivity contribution in [2.24, 2.45) is 0 Å². The number of aryl methyl sites for hydroxylation is 1. The minimum atomic E-state index is 0.886. The van der Waals surface area contributed by atoms with Crippen molar-refractivity contribution in [3.63, 3.8) is 0 Å². The Hall–Kier alpha value is -1.39. The van der Waals surface area contributed by atoms with Crippen LogP contribution in [0.5, 0.6) is 0 Å². The average Bonchev–Trinajstić information content (AvgIpc) is 2.66. The molecule has 104 valence electrons. The average molecular weight is 260 g/mol. The Morgan fingerprint density at radius 2 is 1.79 bits per heavy atom. The van der Waals surface area contributed by atoms with E-state index in [4.69, 9.17) is 4.98 Å². The molecular formula is C15H24N4. The zero-order valence-corrected chi connectivity index (χ0v) is 12.4. The third-order valence-corrected chi connectivity index (χ3v) is 3.18. The van der Waals surface area contributed by atoms with Crippen LogP contribution < -0.4 is 0 Å². The molecule has 0 saturated heterocycles. The third-order valence-electron chi connectivity index (χ3n) is 3.18. The van der Waals surface area contributed by atoms with Gasteiger partial charge in [0.15, 0.2) is 0 Å². The van der Waals surface area contributed by atoms with Gasteiger partial charge < -0.3 is 14.4 Å². The van der Waals surface area contributed by atoms with Crippen LogP contribution >= 0.6 is 0 Å². The van der Waals surface area contributed by atoms with E-state index in [2.05, 4.69) is 66.8 Å². The number of nitrogens with zero attached hydrogens (tertiary/aromatic N) is 4. The lowest BCUT2D eigenvalue weighted by Crippen LogP contribution is -2.18. The van der Waals surface area contributed by atoms with Gasteiger partial charge in [0.1, 0.15) is 5.82 Å². The Labute approximate surface area is 115 Å². The molecule has 0 unspecified atom stereocenters. The first-order valence-electron chi connectivity index (χ1n) is 6.81. The van der Waals surface area contributed by atoms with Gasteiger partial charge in [0.2, 0.25) is 0 Å². The highest BCUT2D eigenvalue weighted by Gasteiger charge is 2.10. The number of hydrogen-bond acceptors (Lipinski definition) is 3. The lowest BCUT2D eigenvalue weighted by molar-refractivity contribution is 0.366. The van der Waals surface area contributed by atoms with Crippen LogP contribution in [0.4, 0.5) is 0 Å². The van der Waals surface area contributed by atoms with Gasteiger partial charge in [0.25, 0.3) is 0 Å². The number of hydrogen-bond donors (Lipinski definition) is 0. The normalized spacial score (nSPS) is 11.9. The zero-order valence-electron chi connectivity index (χ0n) is 12.4. The zero-order chi connectivity index (χ0) is 13.8. The molecule has 1 heterocycles. The fourth-order valence-corrected chi connectivity index (χ4v) is 2.32. The number of imidazole rings is 1. The lowest BCUT2D eigenvalue weighted by atomic mass is 10.3. The van der Waals surface area contributed by atoms with Crippen molar-refractivity contribution in [1.82, 2.24) is 19.4 Å². The van der Waals surface area contributed by atoms with Gasteiger partial charge in [-0.25, -0.2) is 4.98 Å². The molecule has 0 atom stereocenters. The molecule has 0 amide bonds. The number of rotatable bonds is 6. The predicted molar refractivity (Wildman–Crippen MR) is 80.3 cm³/mol. The largest absolute Gasteiger partial charge is 0.327 e. The number of aromatic nitrogens is 2. The van der Waals surface area contributed by atoms with Crippen LogP contribution in [0.3, 0.4) is 0 Å². The molecule has 0 spiro atoms. The maximum absolute atomic E-state index is 4.76. The van der Waals surface area contributed by atoms with Gasteiger partial charge >= 0.3 is 0 Å². The van der Waals surface area contributed by atoms with E-state index < -0.39 is 0 Å². The van der Waals surface area contributed by atoms with Gasteiger partial charge in [-0.05, 0) is 53.3 Å². The van der Waals surface area contributed by atoms with E-state index in [1.807, 2.05) is 0 Å². The van der Waals surface area contributed by atoms with E-state index in [1.54, 1.807) is 0 Å². The quantitative estimate of drug-likeness (QED) is 0.794. The first-order valence-corrected chi connectivity index (χ1v) is 6.81. The van der Waals surface area contributed by atoms with E-state index in [0.29, 0.717) is 0 Å². The summed E-state index contributed by atoms with van der Waals surface area (Å²) < 4.78 is 2.36. The van der Waals surface area contributed by atoms with Gasteiger partial charge in [0, 0.05) is 6.54 Å². The van der Waals surface area contributed by atoms with Crippen molar-refractivity contribution in [2.45, 2.75) is 19.5 Å². The van der Waals surface area contributed by atoms with Crippen LogP contribution in [0, 0.1) is 0 Å². The standard InChI is InChI=1S/C15H24N4/c1-17(2)10-7-11-19-14-9-6-5-8-13(14)16-15(19)12-18(3)4/h5-6,8-9H,7,10-12H2,1-4H3. The molecule has 0 fully saturated rings. The molecule has 0 aliphatic heterocycles. The molecule has 4 nitrogen and oxygen atoms in total. The summed E-state index contributed by atoms with van der Waals surface area (Å²) in [6, 6.07) is 8.40. The molecule has 0 aliphatic carbocycles. The van der Waals surface area contributed by atoms with Crippen LogP contribution in [0.15, 0.2) is 24.3 Å². The number of para-hydroxylation sites is 2. The van der Waals surface area contributed by atoms with Gasteiger partial charge in [-0.15, -0.1) is 0 Å². The minimum absolute atomic E-state index is 0.886. The molecule has 0 aliphatic rings. The molecule has 19 heavy (non-hydrogen) atoms. The fraction of sp³-hybridized carbons (Fsp3) is 0.533. The van der Waals surface area contributed by atoms with Crippen LogP contribution in [-0.4, -0.2) is 54.1 Å². The monoisotopic (exact) mass is 260 g/mol. The summed E-state index contributed by atoms with van der Waals surface area (Å²) in [5.74, 6) is 1.16. The summed E-state index contributed by atoms with van der Waals surface area (Å²) in [5, 5.41) is 0. The molecule has 2 rings (SSSR count). The van der Waals surface area contributed by atoms with Crippen molar-refractivity contribution in [2.75, 3.05) is 34.7 Å². The molecule has 0 saturated carbocycles. The van der Waals surface area contributed by atoms with Crippen LogP contribution in [0.25, 0.3) is 11.0 Å². The highest BCUT2D eigenvalue weighted by atomic mass is 15.2. The van der Waals surface area contributed by atoms with Crippen molar-refractivity contribution >= 4 is 11.0 Å². The molecule has 1 aromatic carbocycles. The summed E-state index contributed by atoms with van der Waals surface area (Å²) in [6.45, 7) is 3.02. The summed E-state index contributed by atoms with van der Waals surface area (Å²) >= 11 is 0. The van der Waals surface area contributed by atoms with Gasteiger partial charge in [-0.1, -0.05) is 12.1 Å². The van der Waals surface area contributed by atoms with Gasteiger partial charge in [0.05, 0.1) is 17.6 Å². The van der Waals surface area contributed by atoms with Crippen molar-refractivity contribution in [1.29, 1.82) is 0 Å². The van der Waals surface area contributed by atoms with Crippen molar-refractivity contribution in [3.8, 4) is 0 Å². The van der Waals surface area contributed by atoms with E-state index >= 15 is 0 Å². The lowest BCUT2D eigenvalue weighted by Gasteiger charge is -2.14. The highest BCUT2D eigenvalue weighted by molar-refractivity contribution is 5.75. The summed E-state index contributed by atoms with van der Waals surface area (Å²) in [4.78, 5) is 9.16. The molecular weight excluding hydrogens is 236 g/mol. The summed E-state index contributed by atoms with van der Waals surface area (Å²) in [5.41, 5.74) is 2.35. The van der Waals surface area contributed by atoms with E-state index in [0.717, 1.165) is 37.4 Å². The molecule has 0 bridgehead atoms. The Kier molecular flexibility index (Phi) is 4.56. The van der Waals surface area contributed by atoms with Crippen molar-refractivity contribution in [3.05, 3.63) is 30.1 Å². The molecule has 2 aromatic rings. The van der Waals surface area contributed by atoms with Crippen molar-refractivity contribution < 1.29 is 0 Å². The smallest absolute Gasteiger partial charge is 0.124 e. The summed E-state index contributed by atoms with van der Waals surface area (Å²) in [7, 11) is 8.41. The fourth-order valence-electron chi connectivity index (χ4n) is 2.32. The maximum Gasteiger partial charge on any atom is 0.124 e. The number of fused-ring (bicyclic) bond motifs is 1. The molecule has 4 heteroatoms. The molecule has 1 aromatic heterocycles. The second kappa shape index (κ2) is 6.17. The Morgan fingerprint density at radius 3 is 2.47 bits per heavy atom. The first-order chi connectivity index (χ1) is 9.08. The van der Waals surface area contributed by atoms with Crippen LogP contribution in [0.2, 0.25) is 0 Å². The number of benzene rings is 1. The van der Waals surface area contributed by atoms with E-state index in [-0.39, 0.29) is 0 Å². The predicted octanol–water partition coefficient (Wildman–Crippen LogP) is 2.05. The van der Waals surface area contributed by atoms with Gasteiger partial charge in [-0.3, -0.25) is 0 Å². The van der Waals surface area contributed by atoms with Crippen LogP contribution in [-0.2, 0) is 13.1 Å². The van der Waals surface area contributed by atoms with Crippen LogP contribution in [0.1, 0.15) is 12.2 Å².